The molecular weight excluding hydrogens is 1060 g/mol. The summed E-state index contributed by atoms with van der Waals surface area (Å²) in [5, 5.41) is 0. The molecule has 0 bridgehead atoms. The summed E-state index contributed by atoms with van der Waals surface area (Å²) in [6.45, 7) is 25.9. The number of benzene rings is 7. The first-order valence-electron chi connectivity index (χ1n) is 35.2. The Bertz CT molecular complexity index is 3260. The number of fused-ring (bicyclic) bond motifs is 3. The Morgan fingerprint density at radius 2 is 0.852 bits per heavy atom. The Labute approximate surface area is 537 Å². The lowest BCUT2D eigenvalue weighted by Gasteiger charge is -2.36. The Balaban J connectivity index is 1.17. The molecule has 2 nitrogen and oxygen atoms in total. The van der Waals surface area contributed by atoms with E-state index in [1.165, 1.54) is 160 Å². The minimum Gasteiger partial charge on any atom is -0.311 e. The van der Waals surface area contributed by atoms with Crippen molar-refractivity contribution in [3.63, 3.8) is 0 Å². The Kier molecular flexibility index (Phi) is 25.1. The van der Waals surface area contributed by atoms with Crippen LogP contribution in [-0.2, 0) is 29.1 Å². The third-order valence-electron chi connectivity index (χ3n) is 20.3. The number of allylic oxidation sites excluding steroid dienone is 2. The molecule has 0 spiro atoms. The third-order valence-corrected chi connectivity index (χ3v) is 20.3. The summed E-state index contributed by atoms with van der Waals surface area (Å²) >= 11 is 0. The fourth-order valence-electron chi connectivity index (χ4n) is 13.9. The van der Waals surface area contributed by atoms with Crippen LogP contribution in [-0.4, -0.2) is 0 Å². The quantitative estimate of drug-likeness (QED) is 0.0219. The topological polar surface area (TPSA) is 6.48 Å². The standard InChI is InChI=1S/C86H112N2/c1-13-19-24-26-28-30-61-86(62-31-29-27-25-20-14-2)82-64-71(42-58-80(82)81-59-45-73(65-83(81)86)85(11,12)67(8)33-21-15-3)70-40-50-76(51-41-70)87(74-46-36-68(37-47-74)34-22-16-4)78-54-56-79(57-55-78)88(75-48-38-69(39-49-75)35-23-17-5)77-52-43-72(44-53-77)84(9,10)63-60-66(7)32-18-6/h6,21,33,36-59,64-67H,13-17,19-20,22-32,34-35,60-63H2,1-5,7-12H3. The number of anilines is 6. The van der Waals surface area contributed by atoms with Crippen molar-refractivity contribution in [1.29, 1.82) is 0 Å². The smallest absolute Gasteiger partial charge is 0.0463 e. The number of terminal acetylenes is 1. The van der Waals surface area contributed by atoms with Crippen molar-refractivity contribution in [2.45, 2.75) is 247 Å². The fraction of sp³-hybridized carbons (Fsp3) is 0.465. The molecule has 7 aromatic rings. The van der Waals surface area contributed by atoms with E-state index in [0.717, 1.165) is 72.6 Å². The van der Waals surface area contributed by atoms with E-state index in [9.17, 15) is 0 Å². The van der Waals surface area contributed by atoms with Gasteiger partial charge in [-0.05, 0) is 215 Å². The molecule has 0 heterocycles. The van der Waals surface area contributed by atoms with Gasteiger partial charge >= 0.3 is 0 Å². The molecule has 2 heteroatoms. The van der Waals surface area contributed by atoms with Gasteiger partial charge in [0.05, 0.1) is 0 Å². The molecule has 88 heavy (non-hydrogen) atoms. The van der Waals surface area contributed by atoms with Gasteiger partial charge < -0.3 is 9.80 Å². The first-order valence-corrected chi connectivity index (χ1v) is 35.2. The van der Waals surface area contributed by atoms with E-state index in [0.29, 0.717) is 11.8 Å². The summed E-state index contributed by atoms with van der Waals surface area (Å²) in [4.78, 5) is 4.88. The van der Waals surface area contributed by atoms with E-state index in [1.807, 2.05) is 0 Å². The van der Waals surface area contributed by atoms with Crippen molar-refractivity contribution in [3.05, 3.63) is 203 Å². The molecule has 466 valence electrons. The van der Waals surface area contributed by atoms with Crippen LogP contribution < -0.4 is 9.80 Å². The van der Waals surface area contributed by atoms with E-state index in [-0.39, 0.29) is 16.2 Å². The number of hydrogen-bond donors (Lipinski definition) is 0. The molecule has 1 aliphatic carbocycles. The number of rotatable bonds is 36. The van der Waals surface area contributed by atoms with Gasteiger partial charge in [-0.3, -0.25) is 0 Å². The molecule has 0 aliphatic heterocycles. The van der Waals surface area contributed by atoms with Crippen LogP contribution in [0.2, 0.25) is 0 Å². The first-order chi connectivity index (χ1) is 42.7. The zero-order valence-electron chi connectivity index (χ0n) is 56.8. The molecule has 0 N–H and O–H groups in total. The van der Waals surface area contributed by atoms with Gasteiger partial charge in [0, 0.05) is 46.0 Å². The van der Waals surface area contributed by atoms with Crippen molar-refractivity contribution >= 4 is 34.1 Å². The van der Waals surface area contributed by atoms with Crippen molar-refractivity contribution in [1.82, 2.24) is 0 Å². The van der Waals surface area contributed by atoms with E-state index in [2.05, 4.69) is 262 Å². The Hall–Kier alpha value is -6.56. The highest BCUT2D eigenvalue weighted by molar-refractivity contribution is 5.86. The van der Waals surface area contributed by atoms with Crippen LogP contribution in [0.25, 0.3) is 22.3 Å². The molecule has 0 saturated heterocycles. The van der Waals surface area contributed by atoms with Crippen LogP contribution >= 0.6 is 0 Å². The second-order valence-electron chi connectivity index (χ2n) is 27.7. The largest absolute Gasteiger partial charge is 0.311 e. The Morgan fingerprint density at radius 1 is 0.455 bits per heavy atom. The number of aryl methyl sites for hydroxylation is 2. The minimum absolute atomic E-state index is 0.00912. The highest BCUT2D eigenvalue weighted by Crippen LogP contribution is 2.56. The number of unbranched alkanes of at least 4 members (excludes halogenated alkanes) is 12. The molecule has 0 aromatic heterocycles. The van der Waals surface area contributed by atoms with E-state index in [1.54, 1.807) is 11.1 Å². The maximum atomic E-state index is 5.70. The van der Waals surface area contributed by atoms with Gasteiger partial charge in [-0.15, -0.1) is 12.3 Å². The summed E-state index contributed by atoms with van der Waals surface area (Å²) in [5.41, 5.74) is 21.2. The zero-order chi connectivity index (χ0) is 62.5. The lowest BCUT2D eigenvalue weighted by molar-refractivity contribution is 0.391. The van der Waals surface area contributed by atoms with Crippen molar-refractivity contribution in [3.8, 4) is 34.6 Å². The van der Waals surface area contributed by atoms with Crippen LogP contribution in [0.1, 0.15) is 251 Å². The van der Waals surface area contributed by atoms with E-state index in [4.69, 9.17) is 6.42 Å². The molecule has 0 radical (unpaired) electrons. The fourth-order valence-corrected chi connectivity index (χ4v) is 13.9. The lowest BCUT2D eigenvalue weighted by Crippen LogP contribution is -2.28. The lowest BCUT2D eigenvalue weighted by atomic mass is 9.68. The van der Waals surface area contributed by atoms with Crippen molar-refractivity contribution in [2.24, 2.45) is 11.8 Å². The van der Waals surface area contributed by atoms with Gasteiger partial charge in [0.1, 0.15) is 0 Å². The molecular formula is C86H112N2. The summed E-state index contributed by atoms with van der Waals surface area (Å²) in [6.07, 6.45) is 39.8. The molecule has 8 rings (SSSR count). The third kappa shape index (κ3) is 16.8. The van der Waals surface area contributed by atoms with Crippen LogP contribution in [0, 0.1) is 24.2 Å². The molecule has 0 fully saturated rings. The highest BCUT2D eigenvalue weighted by atomic mass is 15.2. The van der Waals surface area contributed by atoms with Crippen LogP contribution in [0.5, 0.6) is 0 Å². The van der Waals surface area contributed by atoms with Crippen LogP contribution in [0.15, 0.2) is 170 Å². The van der Waals surface area contributed by atoms with Gasteiger partial charge in [-0.1, -0.05) is 257 Å². The molecule has 1 aliphatic rings. The van der Waals surface area contributed by atoms with Crippen molar-refractivity contribution in [2.75, 3.05) is 9.80 Å². The Morgan fingerprint density at radius 3 is 1.32 bits per heavy atom. The van der Waals surface area contributed by atoms with Gasteiger partial charge in [-0.2, -0.15) is 0 Å². The van der Waals surface area contributed by atoms with Gasteiger partial charge in [0.25, 0.3) is 0 Å². The highest BCUT2D eigenvalue weighted by Gasteiger charge is 2.43. The van der Waals surface area contributed by atoms with E-state index < -0.39 is 0 Å². The summed E-state index contributed by atoms with van der Waals surface area (Å²) in [7, 11) is 0. The van der Waals surface area contributed by atoms with E-state index >= 15 is 0 Å². The summed E-state index contributed by atoms with van der Waals surface area (Å²) < 4.78 is 0. The average Bonchev–Trinajstić information content (AvgIpc) is 1.65. The second kappa shape index (κ2) is 32.8. The normalized spacial score (nSPS) is 13.5. The predicted molar refractivity (Wildman–Crippen MR) is 387 cm³/mol. The van der Waals surface area contributed by atoms with Gasteiger partial charge in [-0.25, -0.2) is 0 Å². The number of nitrogens with zero attached hydrogens (tertiary/aromatic N) is 2. The monoisotopic (exact) mass is 1170 g/mol. The average molecular weight is 1170 g/mol. The summed E-state index contributed by atoms with van der Waals surface area (Å²) in [6, 6.07) is 62.0. The zero-order valence-corrected chi connectivity index (χ0v) is 56.8. The predicted octanol–water partition coefficient (Wildman–Crippen LogP) is 26.3. The molecule has 0 saturated carbocycles. The molecule has 2 unspecified atom stereocenters. The van der Waals surface area contributed by atoms with Gasteiger partial charge in [0.2, 0.25) is 0 Å². The number of hydrogen-bond acceptors (Lipinski definition) is 2. The van der Waals surface area contributed by atoms with Crippen LogP contribution in [0.3, 0.4) is 0 Å². The maximum absolute atomic E-state index is 5.70. The second-order valence-corrected chi connectivity index (χ2v) is 27.7. The van der Waals surface area contributed by atoms with Gasteiger partial charge in [0.15, 0.2) is 0 Å². The molecule has 7 aromatic carbocycles. The summed E-state index contributed by atoms with van der Waals surface area (Å²) in [5.74, 6) is 3.83. The van der Waals surface area contributed by atoms with Crippen molar-refractivity contribution < 1.29 is 0 Å². The first kappa shape index (κ1) is 67.4. The maximum Gasteiger partial charge on any atom is 0.0463 e. The molecule has 0 amide bonds. The SMILES string of the molecule is C#CCC(C)CCC(C)(C)c1ccc(N(c2ccc(CCCC)cc2)c2ccc(N(c3ccc(CCCC)cc3)c3ccc(-c4ccc5c(c4)C(CCCCCCCC)(CCCCCCCC)c4cc(C(C)(C)C(C)C=CCC)ccc4-5)cc3)cc2)cc1. The molecule has 2 atom stereocenters. The van der Waals surface area contributed by atoms with Crippen LogP contribution in [0.4, 0.5) is 34.1 Å². The minimum atomic E-state index is -0.0213.